The van der Waals surface area contributed by atoms with Gasteiger partial charge in [0.25, 0.3) is 5.56 Å². The van der Waals surface area contributed by atoms with E-state index in [0.29, 0.717) is 17.9 Å². The molecule has 2 aromatic carbocycles. The molecule has 160 valence electrons. The first-order valence-electron chi connectivity index (χ1n) is 10.2. The van der Waals surface area contributed by atoms with Gasteiger partial charge >= 0.3 is 0 Å². The fourth-order valence-corrected chi connectivity index (χ4v) is 3.90. The lowest BCUT2D eigenvalue weighted by atomic mass is 10.2. The molecule has 0 aliphatic carbocycles. The normalized spacial score (nSPS) is 14.8. The summed E-state index contributed by atoms with van der Waals surface area (Å²) in [5.41, 5.74) is 0.988. The third-order valence-corrected chi connectivity index (χ3v) is 5.53. The molecular formula is C23H24N4O3S. The van der Waals surface area contributed by atoms with Crippen LogP contribution in [0.25, 0.3) is 11.4 Å². The summed E-state index contributed by atoms with van der Waals surface area (Å²) >= 11 is 5.61. The van der Waals surface area contributed by atoms with Gasteiger partial charge in [0.15, 0.2) is 4.77 Å². The summed E-state index contributed by atoms with van der Waals surface area (Å²) in [6, 6.07) is 18.4. The van der Waals surface area contributed by atoms with Crippen LogP contribution in [0, 0.1) is 4.77 Å². The molecule has 1 saturated heterocycles. The van der Waals surface area contributed by atoms with E-state index < -0.39 is 5.56 Å². The fourth-order valence-electron chi connectivity index (χ4n) is 3.52. The monoisotopic (exact) mass is 436 g/mol. The van der Waals surface area contributed by atoms with Crippen LogP contribution in [0.2, 0.25) is 0 Å². The number of aromatic nitrogens is 2. The quantitative estimate of drug-likeness (QED) is 0.475. The highest BCUT2D eigenvalue weighted by atomic mass is 32.1. The van der Waals surface area contributed by atoms with Gasteiger partial charge in [-0.25, -0.2) is 0 Å². The van der Waals surface area contributed by atoms with Crippen molar-refractivity contribution in [1.29, 1.82) is 0 Å². The van der Waals surface area contributed by atoms with Gasteiger partial charge in [0, 0.05) is 25.8 Å². The van der Waals surface area contributed by atoms with Crippen LogP contribution in [0.4, 0.5) is 0 Å². The highest BCUT2D eigenvalue weighted by molar-refractivity contribution is 7.71. The zero-order chi connectivity index (χ0) is 21.6. The number of benzene rings is 2. The molecule has 2 heterocycles. The zero-order valence-corrected chi connectivity index (χ0v) is 17.9. The summed E-state index contributed by atoms with van der Waals surface area (Å²) in [4.78, 5) is 20.0. The van der Waals surface area contributed by atoms with Crippen LogP contribution >= 0.6 is 12.2 Å². The summed E-state index contributed by atoms with van der Waals surface area (Å²) in [6.07, 6.45) is 1.45. The lowest BCUT2D eigenvalue weighted by molar-refractivity contribution is 0.0395. The Morgan fingerprint density at radius 1 is 0.968 bits per heavy atom. The van der Waals surface area contributed by atoms with Crippen molar-refractivity contribution in [3.63, 3.8) is 0 Å². The summed E-state index contributed by atoms with van der Waals surface area (Å²) in [5.74, 6) is -0.219. The van der Waals surface area contributed by atoms with Gasteiger partial charge in [0.2, 0.25) is 5.88 Å². The molecule has 3 aromatic rings. The third kappa shape index (κ3) is 4.66. The van der Waals surface area contributed by atoms with E-state index in [-0.39, 0.29) is 16.2 Å². The second-order valence-corrected chi connectivity index (χ2v) is 7.52. The summed E-state index contributed by atoms with van der Waals surface area (Å²) in [5, 5.41) is 11.0. The van der Waals surface area contributed by atoms with Gasteiger partial charge in [-0.1, -0.05) is 36.4 Å². The molecule has 0 radical (unpaired) electrons. The van der Waals surface area contributed by atoms with E-state index >= 15 is 0 Å². The molecule has 1 N–H and O–H groups in total. The summed E-state index contributed by atoms with van der Waals surface area (Å²) < 4.78 is 8.46. The van der Waals surface area contributed by atoms with Crippen LogP contribution in [0.15, 0.2) is 70.5 Å². The fraction of sp³-hybridized carbons (Fsp3) is 0.261. The van der Waals surface area contributed by atoms with Gasteiger partial charge in [0.05, 0.1) is 31.1 Å². The number of aromatic hydroxyl groups is 1. The first-order valence-corrected chi connectivity index (χ1v) is 10.6. The highest BCUT2D eigenvalue weighted by Gasteiger charge is 2.18. The first kappa shape index (κ1) is 21.2. The van der Waals surface area contributed by atoms with Gasteiger partial charge in [-0.15, -0.1) is 0 Å². The number of ether oxygens (including phenoxy) is 1. The Kier molecular flexibility index (Phi) is 6.71. The topological polar surface area (TPSA) is 72.0 Å². The molecule has 0 spiro atoms. The Labute approximate surface area is 185 Å². The average Bonchev–Trinajstić information content (AvgIpc) is 2.80. The molecule has 0 saturated carbocycles. The molecule has 1 aliphatic heterocycles. The van der Waals surface area contributed by atoms with E-state index in [1.807, 2.05) is 60.7 Å². The molecule has 1 aromatic heterocycles. The van der Waals surface area contributed by atoms with E-state index in [1.165, 1.54) is 15.3 Å². The Morgan fingerprint density at radius 3 is 2.16 bits per heavy atom. The lowest BCUT2D eigenvalue weighted by Crippen LogP contribution is -2.37. The summed E-state index contributed by atoms with van der Waals surface area (Å²) in [6.45, 7) is 4.49. The second-order valence-electron chi connectivity index (χ2n) is 7.16. The maximum atomic E-state index is 13.3. The van der Waals surface area contributed by atoms with E-state index in [1.54, 1.807) is 0 Å². The van der Waals surface area contributed by atoms with Gasteiger partial charge in [0.1, 0.15) is 5.56 Å². The summed E-state index contributed by atoms with van der Waals surface area (Å²) in [7, 11) is 0. The molecule has 0 atom stereocenters. The minimum Gasteiger partial charge on any atom is -0.494 e. The van der Waals surface area contributed by atoms with Crippen molar-refractivity contribution in [2.75, 3.05) is 39.4 Å². The molecule has 1 aliphatic rings. The van der Waals surface area contributed by atoms with Gasteiger partial charge < -0.3 is 9.84 Å². The Bertz CT molecular complexity index is 1170. The zero-order valence-electron chi connectivity index (χ0n) is 17.1. The van der Waals surface area contributed by atoms with E-state index in [0.717, 1.165) is 32.8 Å². The van der Waals surface area contributed by atoms with Gasteiger partial charge in [-0.05, 0) is 36.5 Å². The first-order chi connectivity index (χ1) is 15.2. The number of rotatable bonds is 6. The SMILES string of the molecule is O=c1c(C=NCCN2CCOCC2)c(O)n(-c2ccccc2)c(=S)n1-c1ccccc1. The number of aliphatic imine (C=N–C) groups is 1. The van der Waals surface area contributed by atoms with Crippen molar-refractivity contribution in [3.05, 3.63) is 81.4 Å². The molecule has 0 amide bonds. The molecule has 8 heteroatoms. The van der Waals surface area contributed by atoms with Crippen molar-refractivity contribution < 1.29 is 9.84 Å². The molecule has 1 fully saturated rings. The standard InChI is InChI=1S/C23H24N4O3S/c28-21-20(17-24-11-12-25-13-15-30-16-14-25)22(29)27(19-9-5-2-6-10-19)23(31)26(21)18-7-3-1-4-8-18/h1-10,17,28H,11-16H2. The molecule has 7 nitrogen and oxygen atoms in total. The van der Waals surface area contributed by atoms with Crippen molar-refractivity contribution in [2.45, 2.75) is 0 Å². The van der Waals surface area contributed by atoms with E-state index in [4.69, 9.17) is 17.0 Å². The van der Waals surface area contributed by atoms with Crippen molar-refractivity contribution in [2.24, 2.45) is 4.99 Å². The Morgan fingerprint density at radius 2 is 1.55 bits per heavy atom. The van der Waals surface area contributed by atoms with Crippen LogP contribution < -0.4 is 5.56 Å². The smallest absolute Gasteiger partial charge is 0.271 e. The largest absolute Gasteiger partial charge is 0.494 e. The molecule has 31 heavy (non-hydrogen) atoms. The maximum absolute atomic E-state index is 13.3. The van der Waals surface area contributed by atoms with Crippen LogP contribution in [0.1, 0.15) is 5.56 Å². The minimum atomic E-state index is -0.406. The molecule has 4 rings (SSSR count). The van der Waals surface area contributed by atoms with Crippen molar-refractivity contribution in [1.82, 2.24) is 14.0 Å². The van der Waals surface area contributed by atoms with Crippen molar-refractivity contribution >= 4 is 18.4 Å². The number of hydrogen-bond donors (Lipinski definition) is 1. The number of hydrogen-bond acceptors (Lipinski definition) is 6. The number of para-hydroxylation sites is 2. The van der Waals surface area contributed by atoms with Crippen LogP contribution in [0.3, 0.4) is 0 Å². The van der Waals surface area contributed by atoms with Gasteiger partial charge in [-0.3, -0.25) is 23.8 Å². The van der Waals surface area contributed by atoms with Crippen LogP contribution in [-0.4, -0.2) is 64.7 Å². The van der Waals surface area contributed by atoms with Crippen molar-refractivity contribution in [3.8, 4) is 17.3 Å². The number of morpholine rings is 1. The molecule has 0 bridgehead atoms. The Balaban J connectivity index is 1.76. The lowest BCUT2D eigenvalue weighted by Gasteiger charge is -2.25. The predicted molar refractivity (Wildman–Crippen MR) is 124 cm³/mol. The average molecular weight is 437 g/mol. The van der Waals surface area contributed by atoms with Crippen LogP contribution in [-0.2, 0) is 4.74 Å². The predicted octanol–water partition coefficient (Wildman–Crippen LogP) is 2.81. The maximum Gasteiger partial charge on any atom is 0.271 e. The minimum absolute atomic E-state index is 0.100. The Hall–Kier alpha value is -3.07. The third-order valence-electron chi connectivity index (χ3n) is 5.17. The van der Waals surface area contributed by atoms with E-state index in [9.17, 15) is 9.90 Å². The van der Waals surface area contributed by atoms with E-state index in [2.05, 4.69) is 9.89 Å². The second kappa shape index (κ2) is 9.82. The molecule has 0 unspecified atom stereocenters. The van der Waals surface area contributed by atoms with Gasteiger partial charge in [-0.2, -0.15) is 0 Å². The highest BCUT2D eigenvalue weighted by Crippen LogP contribution is 2.21. The number of nitrogens with zero attached hydrogens (tertiary/aromatic N) is 4. The van der Waals surface area contributed by atoms with Crippen LogP contribution in [0.5, 0.6) is 5.88 Å². The molecular weight excluding hydrogens is 412 g/mol.